The number of rotatable bonds is 6. The fraction of sp³-hybridized carbons (Fsp3) is 0.556. The number of tetrazole rings is 1. The summed E-state index contributed by atoms with van der Waals surface area (Å²) in [5, 5.41) is 18.5. The first-order valence-electron chi connectivity index (χ1n) is 5.20. The van der Waals surface area contributed by atoms with Crippen molar-refractivity contribution < 1.29 is 4.74 Å². The summed E-state index contributed by atoms with van der Waals surface area (Å²) in [7, 11) is 1.65. The molecule has 0 amide bonds. The second-order valence-electron chi connectivity index (χ2n) is 3.52. The van der Waals surface area contributed by atoms with E-state index >= 15 is 0 Å². The monoisotopic (exact) mass is 256 g/mol. The van der Waals surface area contributed by atoms with Crippen LogP contribution in [0.3, 0.4) is 0 Å². The van der Waals surface area contributed by atoms with E-state index in [0.717, 1.165) is 6.42 Å². The van der Waals surface area contributed by atoms with E-state index in [9.17, 15) is 0 Å². The summed E-state index contributed by atoms with van der Waals surface area (Å²) in [5.74, 6) is 1.26. The van der Waals surface area contributed by atoms with E-state index in [2.05, 4.69) is 25.9 Å². The van der Waals surface area contributed by atoms with Gasteiger partial charge in [0, 0.05) is 13.0 Å². The number of halogens is 1. The van der Waals surface area contributed by atoms with E-state index in [1.807, 2.05) is 6.07 Å². The Bertz CT molecular complexity index is 469. The number of anilines is 1. The largest absolute Gasteiger partial charge is 0.383 e. The van der Waals surface area contributed by atoms with Gasteiger partial charge in [-0.25, -0.2) is 0 Å². The van der Waals surface area contributed by atoms with Crippen molar-refractivity contribution >= 4 is 23.1 Å². The van der Waals surface area contributed by atoms with Crippen molar-refractivity contribution in [1.29, 1.82) is 0 Å². The molecule has 0 spiro atoms. The van der Waals surface area contributed by atoms with Crippen LogP contribution in [0.25, 0.3) is 5.65 Å². The minimum absolute atomic E-state index is 0.124. The third kappa shape index (κ3) is 3.01. The number of nitrogens with zero attached hydrogens (tertiary/aromatic N) is 5. The molecule has 0 radical (unpaired) electrons. The van der Waals surface area contributed by atoms with Gasteiger partial charge in [0.15, 0.2) is 5.65 Å². The molecule has 2 aromatic heterocycles. The summed E-state index contributed by atoms with van der Waals surface area (Å²) in [4.78, 5) is 0. The summed E-state index contributed by atoms with van der Waals surface area (Å²) in [6.45, 7) is 0.571. The highest BCUT2D eigenvalue weighted by Crippen LogP contribution is 2.08. The fourth-order valence-electron chi connectivity index (χ4n) is 1.47. The van der Waals surface area contributed by atoms with E-state index in [4.69, 9.17) is 16.3 Å². The fourth-order valence-corrected chi connectivity index (χ4v) is 1.73. The van der Waals surface area contributed by atoms with Gasteiger partial charge in [-0.1, -0.05) is 0 Å². The number of hydrogen-bond acceptors (Lipinski definition) is 6. The number of fused-ring (bicyclic) bond motifs is 1. The van der Waals surface area contributed by atoms with Gasteiger partial charge in [-0.3, -0.25) is 0 Å². The number of nitrogens with one attached hydrogen (secondary N) is 1. The second-order valence-corrected chi connectivity index (χ2v) is 3.90. The van der Waals surface area contributed by atoms with E-state index < -0.39 is 0 Å². The molecule has 1 atom stereocenters. The molecule has 92 valence electrons. The Morgan fingerprint density at radius 2 is 2.41 bits per heavy atom. The van der Waals surface area contributed by atoms with Crippen LogP contribution < -0.4 is 5.32 Å². The minimum Gasteiger partial charge on any atom is -0.383 e. The molecule has 7 nitrogen and oxygen atoms in total. The zero-order valence-corrected chi connectivity index (χ0v) is 10.1. The summed E-state index contributed by atoms with van der Waals surface area (Å²) in [6, 6.07) is 3.74. The SMILES string of the molecule is COCC(CCCl)Nc1ccc2nnnn2n1. The van der Waals surface area contributed by atoms with Crippen LogP contribution in [0, 0.1) is 0 Å². The molecule has 1 unspecified atom stereocenters. The zero-order chi connectivity index (χ0) is 12.1. The average molecular weight is 257 g/mol. The van der Waals surface area contributed by atoms with Crippen molar-refractivity contribution in [2.75, 3.05) is 24.9 Å². The standard InChI is InChI=1S/C9H13ClN6O/c1-17-6-7(4-5-10)11-8-2-3-9-12-14-15-16(9)13-8/h2-3,7H,4-6H2,1H3,(H,11,13). The number of aromatic nitrogens is 5. The van der Waals surface area contributed by atoms with Crippen LogP contribution in [-0.2, 0) is 4.74 Å². The van der Waals surface area contributed by atoms with Crippen LogP contribution in [0.15, 0.2) is 12.1 Å². The molecule has 17 heavy (non-hydrogen) atoms. The maximum atomic E-state index is 5.72. The van der Waals surface area contributed by atoms with Gasteiger partial charge in [-0.05, 0) is 29.0 Å². The molecule has 2 aromatic rings. The Kier molecular flexibility index (Phi) is 4.05. The lowest BCUT2D eigenvalue weighted by Gasteiger charge is -2.16. The van der Waals surface area contributed by atoms with Crippen molar-refractivity contribution in [3.8, 4) is 0 Å². The van der Waals surface area contributed by atoms with E-state index in [1.54, 1.807) is 13.2 Å². The Morgan fingerprint density at radius 3 is 3.18 bits per heavy atom. The minimum atomic E-state index is 0.124. The predicted molar refractivity (Wildman–Crippen MR) is 63.2 cm³/mol. The molecule has 0 bridgehead atoms. The zero-order valence-electron chi connectivity index (χ0n) is 9.38. The van der Waals surface area contributed by atoms with Crippen molar-refractivity contribution in [3.05, 3.63) is 12.1 Å². The van der Waals surface area contributed by atoms with Crippen molar-refractivity contribution in [2.24, 2.45) is 0 Å². The van der Waals surface area contributed by atoms with Gasteiger partial charge in [-0.2, -0.15) is 0 Å². The van der Waals surface area contributed by atoms with E-state index in [0.29, 0.717) is 24.0 Å². The summed E-state index contributed by atoms with van der Waals surface area (Å²) in [5.41, 5.74) is 0.608. The Hall–Kier alpha value is -1.47. The quantitative estimate of drug-likeness (QED) is 0.762. The van der Waals surface area contributed by atoms with E-state index in [-0.39, 0.29) is 6.04 Å². The Morgan fingerprint density at radius 1 is 1.53 bits per heavy atom. The lowest BCUT2D eigenvalue weighted by atomic mass is 10.2. The molecule has 2 heterocycles. The summed E-state index contributed by atoms with van der Waals surface area (Å²) in [6.07, 6.45) is 0.796. The Balaban J connectivity index is 2.09. The highest BCUT2D eigenvalue weighted by Gasteiger charge is 2.09. The predicted octanol–water partition coefficient (Wildman–Crippen LogP) is 0.575. The number of alkyl halides is 1. The van der Waals surface area contributed by atoms with Crippen LogP contribution in [0.4, 0.5) is 5.82 Å². The topological polar surface area (TPSA) is 77.2 Å². The van der Waals surface area contributed by atoms with Gasteiger partial charge >= 0.3 is 0 Å². The maximum absolute atomic E-state index is 5.72. The van der Waals surface area contributed by atoms with Gasteiger partial charge in [-0.15, -0.1) is 26.4 Å². The molecule has 1 N–H and O–H groups in total. The normalized spacial score (nSPS) is 12.8. The first-order chi connectivity index (χ1) is 8.33. The van der Waals surface area contributed by atoms with Crippen LogP contribution in [0.5, 0.6) is 0 Å². The Labute approximate surface area is 103 Å². The molecule has 8 heteroatoms. The molecule has 0 aromatic carbocycles. The van der Waals surface area contributed by atoms with Gasteiger partial charge in [0.05, 0.1) is 12.6 Å². The molecule has 0 aliphatic carbocycles. The molecule has 0 aliphatic rings. The van der Waals surface area contributed by atoms with Crippen LogP contribution in [-0.4, -0.2) is 50.9 Å². The molecule has 2 rings (SSSR count). The van der Waals surface area contributed by atoms with Crippen molar-refractivity contribution in [1.82, 2.24) is 25.3 Å². The lowest BCUT2D eigenvalue weighted by Crippen LogP contribution is -2.26. The highest BCUT2D eigenvalue weighted by molar-refractivity contribution is 6.17. The molecule has 0 saturated heterocycles. The van der Waals surface area contributed by atoms with Gasteiger partial charge in [0.1, 0.15) is 5.82 Å². The molecular weight excluding hydrogens is 244 g/mol. The number of hydrogen-bond donors (Lipinski definition) is 1. The summed E-state index contributed by atoms with van der Waals surface area (Å²) >= 11 is 5.72. The lowest BCUT2D eigenvalue weighted by molar-refractivity contribution is 0.184. The van der Waals surface area contributed by atoms with Crippen LogP contribution >= 0.6 is 11.6 Å². The third-order valence-electron chi connectivity index (χ3n) is 2.25. The molecule has 0 saturated carbocycles. The van der Waals surface area contributed by atoms with Gasteiger partial charge in [0.25, 0.3) is 0 Å². The van der Waals surface area contributed by atoms with Crippen molar-refractivity contribution in [2.45, 2.75) is 12.5 Å². The molecular formula is C9H13ClN6O. The van der Waals surface area contributed by atoms with Gasteiger partial charge < -0.3 is 10.1 Å². The smallest absolute Gasteiger partial charge is 0.200 e. The van der Waals surface area contributed by atoms with Crippen LogP contribution in [0.1, 0.15) is 6.42 Å². The number of ether oxygens (including phenoxy) is 1. The number of methoxy groups -OCH3 is 1. The second kappa shape index (κ2) is 5.74. The summed E-state index contributed by atoms with van der Waals surface area (Å²) < 4.78 is 6.47. The average Bonchev–Trinajstić information content (AvgIpc) is 2.77. The first kappa shape index (κ1) is 12.0. The molecule has 0 fully saturated rings. The highest BCUT2D eigenvalue weighted by atomic mass is 35.5. The van der Waals surface area contributed by atoms with Crippen LogP contribution in [0.2, 0.25) is 0 Å². The van der Waals surface area contributed by atoms with Gasteiger partial charge in [0.2, 0.25) is 0 Å². The van der Waals surface area contributed by atoms with Crippen molar-refractivity contribution in [3.63, 3.8) is 0 Å². The first-order valence-corrected chi connectivity index (χ1v) is 5.74. The maximum Gasteiger partial charge on any atom is 0.200 e. The third-order valence-corrected chi connectivity index (χ3v) is 2.47. The van der Waals surface area contributed by atoms with E-state index in [1.165, 1.54) is 4.63 Å². The molecule has 0 aliphatic heterocycles.